The fraction of sp³-hybridized carbons (Fsp3) is 0.160. The molecule has 6 heteroatoms. The lowest BCUT2D eigenvalue weighted by molar-refractivity contribution is -0.117. The number of carbonyl (C=O) groups excluding carboxylic acids is 1. The van der Waals surface area contributed by atoms with Crippen LogP contribution in [0.3, 0.4) is 0 Å². The van der Waals surface area contributed by atoms with Crippen molar-refractivity contribution in [3.05, 3.63) is 78.5 Å². The second-order valence-electron chi connectivity index (χ2n) is 7.38. The fourth-order valence-electron chi connectivity index (χ4n) is 3.67. The van der Waals surface area contributed by atoms with Crippen molar-refractivity contribution >= 4 is 22.6 Å². The Balaban J connectivity index is 1.82. The summed E-state index contributed by atoms with van der Waals surface area (Å²) in [5.74, 6) is 0.451. The van der Waals surface area contributed by atoms with Gasteiger partial charge in [-0.1, -0.05) is 48.5 Å². The number of carbonyl (C=O) groups is 1. The molecule has 0 spiro atoms. The normalized spacial score (nSPS) is 10.9. The average Bonchev–Trinajstić information content (AvgIpc) is 2.79. The molecule has 2 heterocycles. The van der Waals surface area contributed by atoms with Gasteiger partial charge < -0.3 is 16.8 Å². The van der Waals surface area contributed by atoms with Crippen LogP contribution in [-0.4, -0.2) is 29.0 Å². The molecule has 5 N–H and O–H groups in total. The molecule has 0 saturated heterocycles. The summed E-state index contributed by atoms with van der Waals surface area (Å²) in [5.41, 5.74) is 16.7. The fourth-order valence-corrected chi connectivity index (χ4v) is 3.67. The Hall–Kier alpha value is -3.77. The predicted molar refractivity (Wildman–Crippen MR) is 125 cm³/mol. The van der Waals surface area contributed by atoms with E-state index in [-0.39, 0.29) is 12.3 Å². The zero-order valence-corrected chi connectivity index (χ0v) is 17.2. The van der Waals surface area contributed by atoms with E-state index in [0.29, 0.717) is 6.54 Å². The van der Waals surface area contributed by atoms with Crippen LogP contribution in [0.1, 0.15) is 12.0 Å². The van der Waals surface area contributed by atoms with Crippen molar-refractivity contribution < 1.29 is 4.79 Å². The largest absolute Gasteiger partial charge is 0.369 e. The molecule has 6 nitrogen and oxygen atoms in total. The molecule has 2 aromatic carbocycles. The van der Waals surface area contributed by atoms with Gasteiger partial charge >= 0.3 is 0 Å². The highest BCUT2D eigenvalue weighted by Crippen LogP contribution is 2.34. The van der Waals surface area contributed by atoms with E-state index in [1.807, 2.05) is 54.6 Å². The lowest BCUT2D eigenvalue weighted by Gasteiger charge is -2.14. The molecule has 31 heavy (non-hydrogen) atoms. The van der Waals surface area contributed by atoms with Crippen molar-refractivity contribution in [2.24, 2.45) is 11.5 Å². The molecule has 0 aliphatic rings. The van der Waals surface area contributed by atoms with Crippen LogP contribution in [-0.2, 0) is 11.2 Å². The van der Waals surface area contributed by atoms with Crippen LogP contribution in [0.4, 0.5) is 5.82 Å². The minimum Gasteiger partial charge on any atom is -0.369 e. The molecule has 0 radical (unpaired) electrons. The van der Waals surface area contributed by atoms with Gasteiger partial charge in [0.1, 0.15) is 5.82 Å². The summed E-state index contributed by atoms with van der Waals surface area (Å²) in [6.45, 7) is 1.36. The zero-order chi connectivity index (χ0) is 21.6. The van der Waals surface area contributed by atoms with Gasteiger partial charge in [0, 0.05) is 23.7 Å². The molecule has 0 saturated carbocycles. The summed E-state index contributed by atoms with van der Waals surface area (Å²) in [6.07, 6.45) is 2.86. The van der Waals surface area contributed by atoms with Gasteiger partial charge in [0.15, 0.2) is 0 Å². The summed E-state index contributed by atoms with van der Waals surface area (Å²) < 4.78 is 0. The van der Waals surface area contributed by atoms with Crippen molar-refractivity contribution in [2.45, 2.75) is 12.8 Å². The maximum atomic E-state index is 11.4. The molecule has 0 atom stereocenters. The second kappa shape index (κ2) is 9.36. The predicted octanol–water partition coefficient (Wildman–Crippen LogP) is 3.75. The minimum atomic E-state index is -0.346. The van der Waals surface area contributed by atoms with Gasteiger partial charge in [0.2, 0.25) is 5.91 Å². The molecule has 0 aliphatic carbocycles. The smallest absolute Gasteiger partial charge is 0.221 e. The zero-order valence-electron chi connectivity index (χ0n) is 17.2. The summed E-state index contributed by atoms with van der Waals surface area (Å²) >= 11 is 0. The molecule has 4 rings (SSSR count). The van der Waals surface area contributed by atoms with Crippen molar-refractivity contribution in [1.82, 2.24) is 9.97 Å². The maximum Gasteiger partial charge on any atom is 0.221 e. The number of pyridine rings is 2. The van der Waals surface area contributed by atoms with Crippen LogP contribution in [0.25, 0.3) is 33.3 Å². The van der Waals surface area contributed by atoms with Crippen molar-refractivity contribution in [2.75, 3.05) is 18.4 Å². The Morgan fingerprint density at radius 1 is 0.968 bits per heavy atom. The third-order valence-electron chi connectivity index (χ3n) is 5.09. The summed E-state index contributed by atoms with van der Waals surface area (Å²) in [4.78, 5) is 20.8. The lowest BCUT2D eigenvalue weighted by Crippen LogP contribution is -2.13. The first-order valence-electron chi connectivity index (χ1n) is 10.3. The molecule has 0 bridgehead atoms. The van der Waals surface area contributed by atoms with Crippen LogP contribution in [0.2, 0.25) is 0 Å². The molecule has 0 fully saturated rings. The Labute approximate surface area is 181 Å². The van der Waals surface area contributed by atoms with Gasteiger partial charge in [-0.15, -0.1) is 0 Å². The van der Waals surface area contributed by atoms with Crippen LogP contribution in [0.15, 0.2) is 72.9 Å². The van der Waals surface area contributed by atoms with E-state index >= 15 is 0 Å². The van der Waals surface area contributed by atoms with Gasteiger partial charge in [-0.3, -0.25) is 9.78 Å². The number of hydrogen-bond donors (Lipinski definition) is 3. The lowest BCUT2D eigenvalue weighted by atomic mass is 9.95. The highest BCUT2D eigenvalue weighted by molar-refractivity contribution is 5.94. The molecule has 156 valence electrons. The number of amides is 1. The van der Waals surface area contributed by atoms with Gasteiger partial charge in [-0.05, 0) is 47.9 Å². The van der Waals surface area contributed by atoms with Crippen LogP contribution in [0.5, 0.6) is 0 Å². The van der Waals surface area contributed by atoms with Gasteiger partial charge in [-0.2, -0.15) is 0 Å². The van der Waals surface area contributed by atoms with E-state index in [4.69, 9.17) is 16.5 Å². The Morgan fingerprint density at radius 2 is 1.81 bits per heavy atom. The van der Waals surface area contributed by atoms with Crippen LogP contribution >= 0.6 is 0 Å². The first-order valence-corrected chi connectivity index (χ1v) is 10.3. The van der Waals surface area contributed by atoms with Crippen molar-refractivity contribution in [1.29, 1.82) is 0 Å². The number of benzene rings is 2. The molecule has 4 aromatic rings. The van der Waals surface area contributed by atoms with Crippen LogP contribution < -0.4 is 16.8 Å². The monoisotopic (exact) mass is 411 g/mol. The third-order valence-corrected chi connectivity index (χ3v) is 5.09. The first kappa shape index (κ1) is 20.5. The highest BCUT2D eigenvalue weighted by Gasteiger charge is 2.13. The summed E-state index contributed by atoms with van der Waals surface area (Å²) in [5, 5.41) is 4.38. The topological polar surface area (TPSA) is 107 Å². The van der Waals surface area contributed by atoms with E-state index in [9.17, 15) is 4.79 Å². The van der Waals surface area contributed by atoms with E-state index in [0.717, 1.165) is 57.6 Å². The standard InChI is InChI=1S/C25H25N5O/c26-11-5-13-29-25-21-10-4-12-28-22(21)16-23(30-25)20-9-2-1-8-19(20)18-7-3-6-17(14-18)15-24(27)31/h1-4,6-10,12,14,16H,5,11,13,15,26H2,(H2,27,31)(H,29,30). The molecule has 0 aliphatic heterocycles. The average molecular weight is 412 g/mol. The number of rotatable bonds is 8. The molecule has 1 amide bonds. The van der Waals surface area contributed by atoms with Crippen molar-refractivity contribution in [3.8, 4) is 22.4 Å². The number of aromatic nitrogens is 2. The Morgan fingerprint density at radius 3 is 2.61 bits per heavy atom. The van der Waals surface area contributed by atoms with Crippen LogP contribution in [0, 0.1) is 0 Å². The third kappa shape index (κ3) is 4.70. The molecule has 0 unspecified atom stereocenters. The number of primary amides is 1. The number of anilines is 1. The van der Waals surface area contributed by atoms with E-state index in [2.05, 4.69) is 22.4 Å². The second-order valence-corrected chi connectivity index (χ2v) is 7.38. The highest BCUT2D eigenvalue weighted by atomic mass is 16.1. The molecule has 2 aromatic heterocycles. The first-order chi connectivity index (χ1) is 15.2. The summed E-state index contributed by atoms with van der Waals surface area (Å²) in [7, 11) is 0. The van der Waals surface area contributed by atoms with Gasteiger partial charge in [-0.25, -0.2) is 4.98 Å². The van der Waals surface area contributed by atoms with E-state index < -0.39 is 0 Å². The molecular weight excluding hydrogens is 386 g/mol. The minimum absolute atomic E-state index is 0.212. The number of nitrogens with two attached hydrogens (primary N) is 2. The van der Waals surface area contributed by atoms with E-state index in [1.54, 1.807) is 6.20 Å². The number of nitrogens with zero attached hydrogens (tertiary/aromatic N) is 2. The maximum absolute atomic E-state index is 11.4. The van der Waals surface area contributed by atoms with Gasteiger partial charge in [0.25, 0.3) is 0 Å². The van der Waals surface area contributed by atoms with Gasteiger partial charge in [0.05, 0.1) is 17.6 Å². The molecular formula is C25H25N5O. The van der Waals surface area contributed by atoms with Crippen molar-refractivity contribution in [3.63, 3.8) is 0 Å². The number of hydrogen-bond acceptors (Lipinski definition) is 5. The van der Waals surface area contributed by atoms with E-state index in [1.165, 1.54) is 0 Å². The quantitative estimate of drug-likeness (QED) is 0.383. The Kier molecular flexibility index (Phi) is 6.19. The summed E-state index contributed by atoms with van der Waals surface area (Å²) in [6, 6.07) is 21.9. The SMILES string of the molecule is NCCCNc1nc(-c2ccccc2-c2cccc(CC(N)=O)c2)cc2ncccc12. The number of nitrogens with one attached hydrogen (secondary N) is 1. The number of fused-ring (bicyclic) bond motifs is 1. The Bertz CT molecular complexity index is 1220.